The fraction of sp³-hybridized carbons (Fsp3) is 0.211. The third-order valence-electron chi connectivity index (χ3n) is 4.34. The van der Waals surface area contributed by atoms with Crippen LogP contribution in [0.5, 0.6) is 0 Å². The SMILES string of the molecule is CCS(=O)(=O)Nc1ccc(NC(=O)c2cnn(-c3ccc(C(F)(F)F)cn3)c2C)cc1. The first kappa shape index (κ1) is 22.3. The van der Waals surface area contributed by atoms with E-state index >= 15 is 0 Å². The highest BCUT2D eigenvalue weighted by Crippen LogP contribution is 2.29. The number of anilines is 2. The summed E-state index contributed by atoms with van der Waals surface area (Å²) in [5, 5.41) is 6.70. The molecule has 0 fully saturated rings. The minimum atomic E-state index is -4.50. The molecule has 0 unspecified atom stereocenters. The number of carbonyl (C=O) groups excluding carboxylic acids is 1. The summed E-state index contributed by atoms with van der Waals surface area (Å²) in [7, 11) is -3.41. The maximum absolute atomic E-state index is 12.7. The summed E-state index contributed by atoms with van der Waals surface area (Å²) in [4.78, 5) is 16.4. The Morgan fingerprint density at radius 1 is 1.06 bits per heavy atom. The van der Waals surface area contributed by atoms with Gasteiger partial charge in [-0.05, 0) is 50.2 Å². The molecule has 0 atom stereocenters. The van der Waals surface area contributed by atoms with Gasteiger partial charge in [-0.2, -0.15) is 18.3 Å². The standard InChI is InChI=1S/C19H18F3N5O3S/c1-3-31(29,30)26-15-7-5-14(6-8-15)25-18(28)16-11-24-27(12(16)2)17-9-4-13(10-23-17)19(20,21)22/h4-11,26H,3H2,1-2H3,(H,25,28). The zero-order valence-electron chi connectivity index (χ0n) is 16.4. The van der Waals surface area contributed by atoms with Crippen LogP contribution in [0.25, 0.3) is 5.82 Å². The van der Waals surface area contributed by atoms with E-state index in [2.05, 4.69) is 20.1 Å². The van der Waals surface area contributed by atoms with E-state index in [1.807, 2.05) is 0 Å². The largest absolute Gasteiger partial charge is 0.417 e. The molecule has 2 aromatic heterocycles. The summed E-state index contributed by atoms with van der Waals surface area (Å²) in [6.07, 6.45) is -2.51. The number of nitrogens with one attached hydrogen (secondary N) is 2. The monoisotopic (exact) mass is 453 g/mol. The first-order valence-corrected chi connectivity index (χ1v) is 10.7. The minimum absolute atomic E-state index is 0.0669. The van der Waals surface area contributed by atoms with Crippen LogP contribution in [-0.4, -0.2) is 34.8 Å². The van der Waals surface area contributed by atoms with E-state index in [1.54, 1.807) is 6.92 Å². The summed E-state index contributed by atoms with van der Waals surface area (Å²) in [5.74, 6) is -0.419. The van der Waals surface area contributed by atoms with Crippen LogP contribution < -0.4 is 10.0 Å². The summed E-state index contributed by atoms with van der Waals surface area (Å²) in [5.41, 5.74) is 0.486. The Balaban J connectivity index is 1.74. The van der Waals surface area contributed by atoms with Crippen LogP contribution >= 0.6 is 0 Å². The van der Waals surface area contributed by atoms with Gasteiger partial charge in [0.05, 0.1) is 28.8 Å². The van der Waals surface area contributed by atoms with E-state index in [-0.39, 0.29) is 17.1 Å². The van der Waals surface area contributed by atoms with Crippen LogP contribution in [0.2, 0.25) is 0 Å². The highest BCUT2D eigenvalue weighted by Gasteiger charge is 2.30. The maximum atomic E-state index is 12.7. The number of pyridine rings is 1. The molecule has 0 aliphatic heterocycles. The summed E-state index contributed by atoms with van der Waals surface area (Å²) < 4.78 is 64.9. The molecule has 2 heterocycles. The number of sulfonamides is 1. The number of halogens is 3. The number of benzene rings is 1. The molecule has 0 bridgehead atoms. The number of aromatic nitrogens is 3. The van der Waals surface area contributed by atoms with Gasteiger partial charge in [0.1, 0.15) is 0 Å². The Labute approximate surface area is 176 Å². The lowest BCUT2D eigenvalue weighted by atomic mass is 10.2. The maximum Gasteiger partial charge on any atom is 0.417 e. The molecule has 0 spiro atoms. The molecular weight excluding hydrogens is 435 g/mol. The Morgan fingerprint density at radius 3 is 2.26 bits per heavy atom. The molecule has 8 nitrogen and oxygen atoms in total. The van der Waals surface area contributed by atoms with Gasteiger partial charge in [0.15, 0.2) is 5.82 Å². The van der Waals surface area contributed by atoms with Gasteiger partial charge in [0, 0.05) is 17.6 Å². The predicted octanol–water partition coefficient (Wildman–Crippen LogP) is 3.61. The van der Waals surface area contributed by atoms with Crippen LogP contribution in [0, 0.1) is 6.92 Å². The summed E-state index contributed by atoms with van der Waals surface area (Å²) in [6, 6.07) is 8.12. The van der Waals surface area contributed by atoms with Crippen LogP contribution in [0.15, 0.2) is 48.8 Å². The zero-order chi connectivity index (χ0) is 22.8. The van der Waals surface area contributed by atoms with Crippen LogP contribution in [0.3, 0.4) is 0 Å². The van der Waals surface area contributed by atoms with Crippen molar-refractivity contribution in [3.05, 3.63) is 65.6 Å². The van der Waals surface area contributed by atoms with Crippen LogP contribution in [0.4, 0.5) is 24.5 Å². The molecule has 3 aromatic rings. The lowest BCUT2D eigenvalue weighted by molar-refractivity contribution is -0.137. The molecule has 31 heavy (non-hydrogen) atoms. The second-order valence-corrected chi connectivity index (χ2v) is 8.51. The third-order valence-corrected chi connectivity index (χ3v) is 5.65. The van der Waals surface area contributed by atoms with Crippen molar-refractivity contribution in [2.75, 3.05) is 15.8 Å². The average Bonchev–Trinajstić information content (AvgIpc) is 3.10. The molecule has 164 valence electrons. The quantitative estimate of drug-likeness (QED) is 0.593. The second-order valence-electron chi connectivity index (χ2n) is 6.50. The third kappa shape index (κ3) is 5.20. The van der Waals surface area contributed by atoms with Gasteiger partial charge < -0.3 is 5.32 Å². The number of amides is 1. The molecule has 0 saturated carbocycles. The Hall–Kier alpha value is -3.41. The number of rotatable bonds is 6. The van der Waals surface area contributed by atoms with Crippen molar-refractivity contribution in [2.45, 2.75) is 20.0 Å². The number of hydrogen-bond donors (Lipinski definition) is 2. The fourth-order valence-corrected chi connectivity index (χ4v) is 3.25. The number of carbonyl (C=O) groups is 1. The van der Waals surface area contributed by atoms with E-state index in [9.17, 15) is 26.4 Å². The fourth-order valence-electron chi connectivity index (χ4n) is 2.61. The topological polar surface area (TPSA) is 106 Å². The molecular formula is C19H18F3N5O3S. The predicted molar refractivity (Wildman–Crippen MR) is 109 cm³/mol. The van der Waals surface area contributed by atoms with E-state index in [0.29, 0.717) is 23.3 Å². The second kappa shape index (κ2) is 8.38. The van der Waals surface area contributed by atoms with Crippen molar-refractivity contribution >= 4 is 27.3 Å². The summed E-state index contributed by atoms with van der Waals surface area (Å²) >= 11 is 0. The van der Waals surface area contributed by atoms with E-state index in [0.717, 1.165) is 6.07 Å². The van der Waals surface area contributed by atoms with Crippen molar-refractivity contribution < 1.29 is 26.4 Å². The molecule has 0 radical (unpaired) electrons. The average molecular weight is 453 g/mol. The summed E-state index contributed by atoms with van der Waals surface area (Å²) in [6.45, 7) is 3.10. The number of nitrogens with zero attached hydrogens (tertiary/aromatic N) is 3. The highest BCUT2D eigenvalue weighted by molar-refractivity contribution is 7.92. The van der Waals surface area contributed by atoms with Crippen molar-refractivity contribution in [1.29, 1.82) is 0 Å². The van der Waals surface area contributed by atoms with E-state index in [1.165, 1.54) is 48.1 Å². The Kier molecular flexibility index (Phi) is 6.02. The Morgan fingerprint density at radius 2 is 1.71 bits per heavy atom. The van der Waals surface area contributed by atoms with Gasteiger partial charge in [-0.15, -0.1) is 0 Å². The molecule has 1 aromatic carbocycles. The smallest absolute Gasteiger partial charge is 0.322 e. The van der Waals surface area contributed by atoms with Gasteiger partial charge in [-0.3, -0.25) is 9.52 Å². The lowest BCUT2D eigenvalue weighted by Crippen LogP contribution is -2.15. The zero-order valence-corrected chi connectivity index (χ0v) is 17.3. The lowest BCUT2D eigenvalue weighted by Gasteiger charge is -2.09. The van der Waals surface area contributed by atoms with Crippen molar-refractivity contribution in [1.82, 2.24) is 14.8 Å². The molecule has 1 amide bonds. The van der Waals surface area contributed by atoms with Crippen molar-refractivity contribution in [2.24, 2.45) is 0 Å². The van der Waals surface area contributed by atoms with Gasteiger partial charge in [0.25, 0.3) is 5.91 Å². The molecule has 3 rings (SSSR count). The highest BCUT2D eigenvalue weighted by atomic mass is 32.2. The van der Waals surface area contributed by atoms with Gasteiger partial charge >= 0.3 is 6.18 Å². The molecule has 12 heteroatoms. The van der Waals surface area contributed by atoms with Crippen molar-refractivity contribution in [3.8, 4) is 5.82 Å². The van der Waals surface area contributed by atoms with Gasteiger partial charge in [-0.1, -0.05) is 0 Å². The van der Waals surface area contributed by atoms with Crippen LogP contribution in [-0.2, 0) is 16.2 Å². The van der Waals surface area contributed by atoms with Gasteiger partial charge in [0.2, 0.25) is 10.0 Å². The minimum Gasteiger partial charge on any atom is -0.322 e. The number of hydrogen-bond acceptors (Lipinski definition) is 5. The first-order valence-electron chi connectivity index (χ1n) is 9.00. The normalized spacial score (nSPS) is 11.9. The van der Waals surface area contributed by atoms with Crippen LogP contribution in [0.1, 0.15) is 28.5 Å². The number of alkyl halides is 3. The molecule has 0 aliphatic rings. The van der Waals surface area contributed by atoms with Crippen molar-refractivity contribution in [3.63, 3.8) is 0 Å². The molecule has 0 saturated heterocycles. The van der Waals surface area contributed by atoms with Gasteiger partial charge in [-0.25, -0.2) is 18.1 Å². The van der Waals surface area contributed by atoms with E-state index in [4.69, 9.17) is 0 Å². The first-order chi connectivity index (χ1) is 14.5. The molecule has 2 N–H and O–H groups in total. The Bertz CT molecular complexity index is 1190. The molecule has 0 aliphatic carbocycles. The van der Waals surface area contributed by atoms with E-state index < -0.39 is 27.7 Å².